The molecule has 2 aromatic carbocycles. The number of ether oxygens (including phenoxy) is 1. The Morgan fingerprint density at radius 2 is 1.74 bits per heavy atom. The van der Waals surface area contributed by atoms with Crippen LogP contribution in [0.5, 0.6) is 5.75 Å². The van der Waals surface area contributed by atoms with Crippen molar-refractivity contribution in [2.45, 2.75) is 39.7 Å². The van der Waals surface area contributed by atoms with E-state index in [9.17, 15) is 10.1 Å². The summed E-state index contributed by atoms with van der Waals surface area (Å²) in [7, 11) is -2.99. The summed E-state index contributed by atoms with van der Waals surface area (Å²) in [5.74, 6) is 0.759. The smallest absolute Gasteiger partial charge is 0.466 e. The topological polar surface area (TPSA) is 158 Å². The van der Waals surface area contributed by atoms with Crippen molar-refractivity contribution >= 4 is 42.3 Å². The number of hydrogen-bond donors (Lipinski definition) is 4. The molecule has 0 spiro atoms. The maximum atomic E-state index is 10.9. The molecule has 0 aliphatic rings. The summed E-state index contributed by atoms with van der Waals surface area (Å²) in [4.78, 5) is 39.3. The molecule has 1 heterocycles. The van der Waals surface area contributed by atoms with Crippen molar-refractivity contribution in [3.05, 3.63) is 69.9 Å². The first-order valence-electron chi connectivity index (χ1n) is 12.6. The summed E-state index contributed by atoms with van der Waals surface area (Å²) in [6.45, 7) is 9.89. The molecule has 1 unspecified atom stereocenters. The van der Waals surface area contributed by atoms with Crippen LogP contribution in [0.2, 0.25) is 0 Å². The molecule has 0 fully saturated rings. The van der Waals surface area contributed by atoms with Gasteiger partial charge in [-0.05, 0) is 81.4 Å². The monoisotopic (exact) mass is 560 g/mol. The number of hydrogen-bond acceptors (Lipinski definition) is 7. The van der Waals surface area contributed by atoms with Crippen LogP contribution in [-0.2, 0) is 4.57 Å². The second-order valence-corrected chi connectivity index (χ2v) is 9.91. The van der Waals surface area contributed by atoms with Crippen molar-refractivity contribution < 1.29 is 28.9 Å². The molecule has 0 saturated carbocycles. The summed E-state index contributed by atoms with van der Waals surface area (Å²) < 4.78 is 14.3. The molecule has 1 aromatic heterocycles. The molecule has 0 amide bonds. The summed E-state index contributed by atoms with van der Waals surface area (Å²) in [5.41, 5.74) is 3.64. The average molecular weight is 561 g/mol. The third kappa shape index (κ3) is 11.5. The first-order chi connectivity index (χ1) is 18.4. The van der Waals surface area contributed by atoms with Crippen molar-refractivity contribution in [2.24, 2.45) is 0 Å². The van der Waals surface area contributed by atoms with Gasteiger partial charge in [-0.3, -0.25) is 10.1 Å². The van der Waals surface area contributed by atoms with Gasteiger partial charge >= 0.3 is 7.82 Å². The van der Waals surface area contributed by atoms with E-state index < -0.39 is 12.7 Å². The van der Waals surface area contributed by atoms with Crippen LogP contribution in [0.25, 0.3) is 23.1 Å². The van der Waals surface area contributed by atoms with E-state index in [1.54, 1.807) is 19.2 Å². The molecule has 0 saturated heterocycles. The fourth-order valence-electron chi connectivity index (χ4n) is 3.95. The maximum Gasteiger partial charge on any atom is 0.466 e. The van der Waals surface area contributed by atoms with Gasteiger partial charge in [0.25, 0.3) is 5.69 Å². The molecule has 11 nitrogen and oxygen atoms in total. The number of rotatable bonds is 12. The molecule has 0 aliphatic carbocycles. The Labute approximate surface area is 228 Å². The Hall–Kier alpha value is -3.34. The van der Waals surface area contributed by atoms with Gasteiger partial charge in [0, 0.05) is 35.3 Å². The van der Waals surface area contributed by atoms with Crippen LogP contribution in [0, 0.1) is 10.1 Å². The Balaban J connectivity index is 0.000000976. The first kappa shape index (κ1) is 31.9. The van der Waals surface area contributed by atoms with E-state index in [4.69, 9.17) is 29.0 Å². The van der Waals surface area contributed by atoms with E-state index in [1.165, 1.54) is 12.1 Å². The normalized spacial score (nSPS) is 12.3. The summed E-state index contributed by atoms with van der Waals surface area (Å²) in [6, 6.07) is 14.8. The number of benzene rings is 2. The molecule has 212 valence electrons. The number of nitro groups is 1. The number of fused-ring (bicyclic) bond motifs is 1. The zero-order valence-electron chi connectivity index (χ0n) is 22.6. The molecule has 4 N–H and O–H groups in total. The highest BCUT2D eigenvalue weighted by Crippen LogP contribution is 2.29. The number of non-ortho nitro benzene ring substituents is 1. The van der Waals surface area contributed by atoms with Crippen molar-refractivity contribution in [2.75, 3.05) is 32.1 Å². The number of nitrogens with zero attached hydrogens (tertiary/aromatic N) is 3. The summed E-state index contributed by atoms with van der Waals surface area (Å²) >= 11 is 0. The SMILES string of the molecule is CCN(CC)CCCC(C)Nc1cc(C=Cc2ccc([N+](=O)[O-])cc2)nc2cc(OC)ccc12.O=P(O)(O)O. The highest BCUT2D eigenvalue weighted by Gasteiger charge is 2.10. The van der Waals surface area contributed by atoms with Crippen LogP contribution in [-0.4, -0.2) is 62.3 Å². The molecule has 3 rings (SSSR count). The standard InChI is InChI=1S/C27H34N4O3.H3O4P/c1-5-30(6-2)17-7-8-20(3)28-26-18-22(29-27-19-24(34-4)15-16-25(26)27)12-9-21-10-13-23(14-11-21)31(32)33;1-5(2,3)4/h9-16,18-20H,5-8,17H2,1-4H3,(H,28,29);(H3,1,2,3,4). The summed E-state index contributed by atoms with van der Waals surface area (Å²) in [5, 5.41) is 15.6. The van der Waals surface area contributed by atoms with E-state index in [2.05, 4.69) is 37.1 Å². The number of aromatic nitrogens is 1. The second kappa shape index (κ2) is 15.3. The van der Waals surface area contributed by atoms with Crippen LogP contribution in [0.1, 0.15) is 44.9 Å². The number of methoxy groups -OCH3 is 1. The Morgan fingerprint density at radius 3 is 2.31 bits per heavy atom. The third-order valence-electron chi connectivity index (χ3n) is 6.00. The highest BCUT2D eigenvalue weighted by molar-refractivity contribution is 7.45. The van der Waals surface area contributed by atoms with Crippen LogP contribution in [0.4, 0.5) is 11.4 Å². The van der Waals surface area contributed by atoms with Crippen LogP contribution in [0.3, 0.4) is 0 Å². The highest BCUT2D eigenvalue weighted by atomic mass is 31.2. The predicted molar refractivity (Wildman–Crippen MR) is 155 cm³/mol. The predicted octanol–water partition coefficient (Wildman–Crippen LogP) is 5.32. The quantitative estimate of drug-likeness (QED) is 0.130. The van der Waals surface area contributed by atoms with Gasteiger partial charge < -0.3 is 29.6 Å². The molecular formula is C27H37N4O7P. The van der Waals surface area contributed by atoms with Crippen LogP contribution >= 0.6 is 7.82 Å². The lowest BCUT2D eigenvalue weighted by molar-refractivity contribution is -0.384. The third-order valence-corrected chi connectivity index (χ3v) is 6.00. The molecule has 39 heavy (non-hydrogen) atoms. The molecule has 0 aliphatic heterocycles. The Bertz CT molecular complexity index is 1280. The zero-order chi connectivity index (χ0) is 29.0. The molecule has 3 aromatic rings. The van der Waals surface area contributed by atoms with Crippen LogP contribution < -0.4 is 10.1 Å². The van der Waals surface area contributed by atoms with Gasteiger partial charge in [-0.25, -0.2) is 9.55 Å². The molecule has 12 heteroatoms. The largest absolute Gasteiger partial charge is 0.497 e. The van der Waals surface area contributed by atoms with Gasteiger partial charge in [0.05, 0.1) is 23.2 Å². The van der Waals surface area contributed by atoms with Gasteiger partial charge in [-0.15, -0.1) is 0 Å². The number of nitro benzene ring substituents is 1. The minimum atomic E-state index is -4.64. The second-order valence-electron chi connectivity index (χ2n) is 8.89. The Kier molecular flexibility index (Phi) is 12.5. The number of pyridine rings is 1. The number of phosphoric acid groups is 1. The van der Waals surface area contributed by atoms with Gasteiger partial charge in [0.2, 0.25) is 0 Å². The van der Waals surface area contributed by atoms with Crippen molar-refractivity contribution in [3.63, 3.8) is 0 Å². The lowest BCUT2D eigenvalue weighted by atomic mass is 10.1. The van der Waals surface area contributed by atoms with Crippen LogP contribution in [0.15, 0.2) is 48.5 Å². The van der Waals surface area contributed by atoms with E-state index in [0.29, 0.717) is 6.04 Å². The van der Waals surface area contributed by atoms with E-state index >= 15 is 0 Å². The fourth-order valence-corrected chi connectivity index (χ4v) is 3.95. The van der Waals surface area contributed by atoms with Crippen molar-refractivity contribution in [1.29, 1.82) is 0 Å². The average Bonchev–Trinajstić information content (AvgIpc) is 2.88. The molecule has 0 bridgehead atoms. The van der Waals surface area contributed by atoms with Gasteiger partial charge in [-0.2, -0.15) is 0 Å². The van der Waals surface area contributed by atoms with Gasteiger partial charge in [-0.1, -0.05) is 19.9 Å². The fraction of sp³-hybridized carbons (Fsp3) is 0.370. The van der Waals surface area contributed by atoms with Crippen molar-refractivity contribution in [3.8, 4) is 5.75 Å². The maximum absolute atomic E-state index is 10.9. The summed E-state index contributed by atoms with van der Waals surface area (Å²) in [6.07, 6.45) is 6.05. The number of anilines is 1. The first-order valence-corrected chi connectivity index (χ1v) is 14.2. The van der Waals surface area contributed by atoms with Crippen molar-refractivity contribution in [1.82, 2.24) is 9.88 Å². The lowest BCUT2D eigenvalue weighted by Crippen LogP contribution is -2.25. The lowest BCUT2D eigenvalue weighted by Gasteiger charge is -2.21. The van der Waals surface area contributed by atoms with Gasteiger partial charge in [0.15, 0.2) is 0 Å². The minimum absolute atomic E-state index is 0.0783. The zero-order valence-corrected chi connectivity index (χ0v) is 23.5. The van der Waals surface area contributed by atoms with E-state index in [-0.39, 0.29) is 5.69 Å². The van der Waals surface area contributed by atoms with E-state index in [1.807, 2.05) is 30.4 Å². The Morgan fingerprint density at radius 1 is 1.10 bits per heavy atom. The van der Waals surface area contributed by atoms with E-state index in [0.717, 1.165) is 66.1 Å². The molecule has 0 radical (unpaired) electrons. The molecular weight excluding hydrogens is 523 g/mol. The minimum Gasteiger partial charge on any atom is -0.497 e. The van der Waals surface area contributed by atoms with Gasteiger partial charge in [0.1, 0.15) is 5.75 Å². The number of nitrogens with one attached hydrogen (secondary N) is 1. The molecule has 1 atom stereocenters.